The maximum Gasteiger partial charge on any atom is 0.123 e. The van der Waals surface area contributed by atoms with Gasteiger partial charge in [0.15, 0.2) is 0 Å². The third kappa shape index (κ3) is 3.85. The molecular weight excluding hydrogens is 242 g/mol. The van der Waals surface area contributed by atoms with Gasteiger partial charge >= 0.3 is 0 Å². The van der Waals surface area contributed by atoms with Gasteiger partial charge in [-0.1, -0.05) is 6.07 Å². The molecule has 2 atom stereocenters. The topological polar surface area (TPSA) is 41.9 Å². The van der Waals surface area contributed by atoms with Crippen LogP contribution in [0.15, 0.2) is 24.3 Å². The van der Waals surface area contributed by atoms with E-state index in [4.69, 9.17) is 9.47 Å². The number of hydrogen-bond donors (Lipinski definition) is 1. The second-order valence-corrected chi connectivity index (χ2v) is 5.24. The predicted octanol–water partition coefficient (Wildman–Crippen LogP) is 1.63. The van der Waals surface area contributed by atoms with Crippen LogP contribution in [0.1, 0.15) is 6.42 Å². The molecule has 1 N–H and O–H groups in total. The van der Waals surface area contributed by atoms with Crippen LogP contribution in [0, 0.1) is 11.8 Å². The highest BCUT2D eigenvalue weighted by atomic mass is 16.5. The molecule has 0 aliphatic carbocycles. The Morgan fingerprint density at radius 3 is 2.84 bits per heavy atom. The van der Waals surface area contributed by atoms with Gasteiger partial charge in [-0.05, 0) is 38.1 Å². The van der Waals surface area contributed by atoms with Crippen molar-refractivity contribution in [1.29, 1.82) is 0 Å². The number of methoxy groups -OCH3 is 1. The van der Waals surface area contributed by atoms with Crippen LogP contribution in [0.3, 0.4) is 0 Å². The molecule has 0 bridgehead atoms. The van der Waals surface area contributed by atoms with Crippen molar-refractivity contribution < 1.29 is 14.6 Å². The van der Waals surface area contributed by atoms with E-state index >= 15 is 0 Å². The summed E-state index contributed by atoms with van der Waals surface area (Å²) in [7, 11) is 3.77. The van der Waals surface area contributed by atoms with E-state index in [9.17, 15) is 5.11 Å². The van der Waals surface area contributed by atoms with Gasteiger partial charge in [0.2, 0.25) is 0 Å². The first-order chi connectivity index (χ1) is 9.22. The van der Waals surface area contributed by atoms with Crippen molar-refractivity contribution in [2.45, 2.75) is 6.42 Å². The summed E-state index contributed by atoms with van der Waals surface area (Å²) >= 11 is 0. The van der Waals surface area contributed by atoms with E-state index in [0.29, 0.717) is 12.5 Å². The van der Waals surface area contributed by atoms with Gasteiger partial charge in [0.25, 0.3) is 0 Å². The lowest BCUT2D eigenvalue weighted by molar-refractivity contribution is 0.120. The first kappa shape index (κ1) is 14.2. The molecule has 1 aliphatic rings. The van der Waals surface area contributed by atoms with Crippen LogP contribution in [0.2, 0.25) is 0 Å². The highest BCUT2D eigenvalue weighted by Crippen LogP contribution is 2.25. The van der Waals surface area contributed by atoms with E-state index in [-0.39, 0.29) is 12.5 Å². The van der Waals surface area contributed by atoms with Crippen molar-refractivity contribution in [2.75, 3.05) is 40.5 Å². The maximum atomic E-state index is 9.53. The highest BCUT2D eigenvalue weighted by molar-refractivity contribution is 5.32. The van der Waals surface area contributed by atoms with Crippen molar-refractivity contribution >= 4 is 0 Å². The summed E-state index contributed by atoms with van der Waals surface area (Å²) in [6, 6.07) is 7.58. The Kier molecular flexibility index (Phi) is 5.05. The molecule has 1 aromatic carbocycles. The minimum Gasteiger partial charge on any atom is -0.497 e. The molecule has 1 fully saturated rings. The van der Waals surface area contributed by atoms with Crippen molar-refractivity contribution in [3.8, 4) is 11.5 Å². The highest BCUT2D eigenvalue weighted by Gasteiger charge is 2.27. The average molecular weight is 265 g/mol. The summed E-state index contributed by atoms with van der Waals surface area (Å²) in [5.74, 6) is 2.32. The molecule has 2 unspecified atom stereocenters. The second-order valence-electron chi connectivity index (χ2n) is 5.24. The number of benzene rings is 1. The van der Waals surface area contributed by atoms with Crippen molar-refractivity contribution in [2.24, 2.45) is 11.8 Å². The minimum atomic E-state index is 0.183. The van der Waals surface area contributed by atoms with Crippen LogP contribution in [0.4, 0.5) is 0 Å². The molecule has 0 amide bonds. The molecule has 1 aliphatic heterocycles. The van der Waals surface area contributed by atoms with Crippen molar-refractivity contribution in [1.82, 2.24) is 4.90 Å². The second kappa shape index (κ2) is 6.78. The fourth-order valence-electron chi connectivity index (χ4n) is 2.59. The third-order valence-corrected chi connectivity index (χ3v) is 3.83. The lowest BCUT2D eigenvalue weighted by atomic mass is 9.93. The van der Waals surface area contributed by atoms with Gasteiger partial charge < -0.3 is 19.5 Å². The van der Waals surface area contributed by atoms with Crippen LogP contribution >= 0.6 is 0 Å². The van der Waals surface area contributed by atoms with E-state index in [0.717, 1.165) is 31.0 Å². The van der Waals surface area contributed by atoms with Gasteiger partial charge in [0, 0.05) is 25.1 Å². The summed E-state index contributed by atoms with van der Waals surface area (Å²) in [5, 5.41) is 9.53. The SMILES string of the molecule is COc1cccc(OCC(CO)C2CCN(C)C2)c1. The number of likely N-dealkylation sites (tertiary alicyclic amines) is 1. The maximum absolute atomic E-state index is 9.53. The van der Waals surface area contributed by atoms with Gasteiger partial charge in [-0.25, -0.2) is 0 Å². The van der Waals surface area contributed by atoms with Crippen LogP contribution in [0.5, 0.6) is 11.5 Å². The first-order valence-electron chi connectivity index (χ1n) is 6.79. The standard InChI is InChI=1S/C15H23NO3/c1-16-7-6-12(9-16)13(10-17)11-19-15-5-3-4-14(8-15)18-2/h3-5,8,12-13,17H,6-7,9-11H2,1-2H3. The van der Waals surface area contributed by atoms with E-state index in [2.05, 4.69) is 11.9 Å². The lowest BCUT2D eigenvalue weighted by Crippen LogP contribution is -2.27. The normalized spacial score (nSPS) is 21.3. The molecule has 4 nitrogen and oxygen atoms in total. The fraction of sp³-hybridized carbons (Fsp3) is 0.600. The first-order valence-corrected chi connectivity index (χ1v) is 6.79. The number of nitrogens with zero attached hydrogens (tertiary/aromatic N) is 1. The predicted molar refractivity (Wildman–Crippen MR) is 74.7 cm³/mol. The average Bonchev–Trinajstić information content (AvgIpc) is 2.86. The summed E-state index contributed by atoms with van der Waals surface area (Å²) in [4.78, 5) is 2.30. The monoisotopic (exact) mass is 265 g/mol. The zero-order chi connectivity index (χ0) is 13.7. The van der Waals surface area contributed by atoms with Crippen LogP contribution < -0.4 is 9.47 Å². The quantitative estimate of drug-likeness (QED) is 0.849. The smallest absolute Gasteiger partial charge is 0.123 e. The van der Waals surface area contributed by atoms with E-state index in [1.54, 1.807) is 7.11 Å². The Morgan fingerprint density at radius 2 is 2.21 bits per heavy atom. The summed E-state index contributed by atoms with van der Waals surface area (Å²) in [5.41, 5.74) is 0. The molecule has 1 saturated heterocycles. The summed E-state index contributed by atoms with van der Waals surface area (Å²) in [6.07, 6.45) is 1.14. The van der Waals surface area contributed by atoms with Crippen molar-refractivity contribution in [3.63, 3.8) is 0 Å². The summed E-state index contributed by atoms with van der Waals surface area (Å²) < 4.78 is 11.0. The number of rotatable bonds is 6. The van der Waals surface area contributed by atoms with Gasteiger partial charge in [-0.3, -0.25) is 0 Å². The Morgan fingerprint density at radius 1 is 1.42 bits per heavy atom. The van der Waals surface area contributed by atoms with Crippen LogP contribution in [0.25, 0.3) is 0 Å². The fourth-order valence-corrected chi connectivity index (χ4v) is 2.59. The zero-order valence-corrected chi connectivity index (χ0v) is 11.7. The van der Waals surface area contributed by atoms with Gasteiger partial charge in [-0.15, -0.1) is 0 Å². The molecule has 0 saturated carbocycles. The molecule has 0 radical (unpaired) electrons. The lowest BCUT2D eigenvalue weighted by Gasteiger charge is -2.21. The van der Waals surface area contributed by atoms with E-state index < -0.39 is 0 Å². The molecule has 2 rings (SSSR count). The molecule has 4 heteroatoms. The molecule has 0 spiro atoms. The number of aliphatic hydroxyl groups is 1. The number of ether oxygens (including phenoxy) is 2. The number of hydrogen-bond acceptors (Lipinski definition) is 4. The van der Waals surface area contributed by atoms with Gasteiger partial charge in [0.05, 0.1) is 13.7 Å². The Balaban J connectivity index is 1.88. The molecular formula is C15H23NO3. The minimum absolute atomic E-state index is 0.183. The Hall–Kier alpha value is -1.26. The Bertz CT molecular complexity index is 397. The van der Waals surface area contributed by atoms with E-state index in [1.165, 1.54) is 0 Å². The van der Waals surface area contributed by atoms with E-state index in [1.807, 2.05) is 24.3 Å². The molecule has 106 valence electrons. The van der Waals surface area contributed by atoms with Gasteiger partial charge in [0.1, 0.15) is 11.5 Å². The van der Waals surface area contributed by atoms with Crippen LogP contribution in [-0.2, 0) is 0 Å². The molecule has 1 aromatic rings. The third-order valence-electron chi connectivity index (χ3n) is 3.83. The summed E-state index contributed by atoms with van der Waals surface area (Å²) in [6.45, 7) is 2.90. The van der Waals surface area contributed by atoms with Crippen LogP contribution in [-0.4, -0.2) is 50.5 Å². The largest absolute Gasteiger partial charge is 0.497 e. The molecule has 19 heavy (non-hydrogen) atoms. The molecule has 0 aromatic heterocycles. The Labute approximate surface area is 114 Å². The molecule has 1 heterocycles. The number of aliphatic hydroxyl groups excluding tert-OH is 1. The van der Waals surface area contributed by atoms with Crippen molar-refractivity contribution in [3.05, 3.63) is 24.3 Å². The van der Waals surface area contributed by atoms with Gasteiger partial charge in [-0.2, -0.15) is 0 Å². The zero-order valence-electron chi connectivity index (χ0n) is 11.7.